The molecular weight excluding hydrogens is 221 g/mol. The number of hydrogen-bond acceptors (Lipinski definition) is 2. The molecule has 0 N–H and O–H groups in total. The summed E-state index contributed by atoms with van der Waals surface area (Å²) in [6, 6.07) is 0. The summed E-state index contributed by atoms with van der Waals surface area (Å²) in [4.78, 5) is 0. The Balaban J connectivity index is 0.000000241. The average molecular weight is 244 g/mol. The van der Waals surface area contributed by atoms with Crippen LogP contribution in [-0.2, 0) is 6.63 Å². The zero-order valence-electron chi connectivity index (χ0n) is 10.4. The van der Waals surface area contributed by atoms with Gasteiger partial charge in [-0.25, -0.2) is 0 Å². The van der Waals surface area contributed by atoms with E-state index in [1.54, 1.807) is 0 Å². The lowest BCUT2D eigenvalue weighted by Crippen LogP contribution is -2.18. The van der Waals surface area contributed by atoms with Crippen molar-refractivity contribution < 1.29 is 6.63 Å². The minimum atomic E-state index is -0.667. The van der Waals surface area contributed by atoms with Crippen LogP contribution in [-0.4, -0.2) is 50.1 Å². The minimum Gasteiger partial charge on any atom is -0.637 e. The molecule has 0 aromatic heterocycles. The summed E-state index contributed by atoms with van der Waals surface area (Å²) in [5, 5.41) is 1.40. The van der Waals surface area contributed by atoms with Crippen LogP contribution in [0.3, 0.4) is 0 Å². The van der Waals surface area contributed by atoms with Gasteiger partial charge in [-0.1, -0.05) is 40.6 Å². The summed E-state index contributed by atoms with van der Waals surface area (Å²) in [5.41, 5.74) is 0. The van der Waals surface area contributed by atoms with Gasteiger partial charge in [-0.2, -0.15) is 0 Å². The molecule has 1 fully saturated rings. The fourth-order valence-electron chi connectivity index (χ4n) is 1.45. The summed E-state index contributed by atoms with van der Waals surface area (Å²) in [5.74, 6) is 11.1. The van der Waals surface area contributed by atoms with Gasteiger partial charge in [0.1, 0.15) is 0 Å². The Labute approximate surface area is 103 Å². The molecule has 0 saturated carbocycles. The highest BCUT2D eigenvalue weighted by molar-refractivity contribution is 6.63. The Morgan fingerprint density at radius 3 is 1.79 bits per heavy atom. The quantitative estimate of drug-likeness (QED) is 0.695. The van der Waals surface area contributed by atoms with Gasteiger partial charge in [0, 0.05) is 6.61 Å². The van der Waals surface area contributed by atoms with Gasteiger partial charge in [0.2, 0.25) is 0 Å². The van der Waals surface area contributed by atoms with Crippen LogP contribution >= 0.6 is 0 Å². The Morgan fingerprint density at radius 1 is 1.07 bits per heavy atom. The summed E-state index contributed by atoms with van der Waals surface area (Å²) in [6.07, 6.45) is 2.73. The third-order valence-electron chi connectivity index (χ3n) is 1.95. The van der Waals surface area contributed by atoms with Crippen LogP contribution < -0.4 is 0 Å². The van der Waals surface area contributed by atoms with Gasteiger partial charge < -0.3 is 6.63 Å². The Morgan fingerprint density at radius 2 is 1.64 bits per heavy atom. The van der Waals surface area contributed by atoms with Gasteiger partial charge in [0.25, 0.3) is 0 Å². The maximum atomic E-state index is 5.53. The molecule has 14 heavy (non-hydrogen) atoms. The minimum absolute atomic E-state index is 0.595. The van der Waals surface area contributed by atoms with Crippen molar-refractivity contribution in [1.29, 1.82) is 0 Å². The van der Waals surface area contributed by atoms with E-state index in [1.807, 2.05) is 0 Å². The summed E-state index contributed by atoms with van der Waals surface area (Å²) < 4.78 is 10.9. The van der Waals surface area contributed by atoms with Crippen molar-refractivity contribution in [3.05, 3.63) is 0 Å². The number of rotatable bonds is 2. The molecule has 1 aliphatic heterocycles. The first kappa shape index (κ1) is 15.5. The first-order chi connectivity index (χ1) is 6.52. The van der Waals surface area contributed by atoms with E-state index in [9.17, 15) is 0 Å². The monoisotopic (exact) mass is 244 g/mol. The molecule has 1 aliphatic rings. The van der Waals surface area contributed by atoms with Crippen molar-refractivity contribution in [3.8, 4) is 0 Å². The summed E-state index contributed by atoms with van der Waals surface area (Å²) in [6.45, 7) is 1.05. The van der Waals surface area contributed by atoms with Crippen LogP contribution in [0.4, 0.5) is 0 Å². The van der Waals surface area contributed by atoms with Crippen LogP contribution in [0.5, 0.6) is 0 Å². The van der Waals surface area contributed by atoms with Crippen LogP contribution in [0.25, 0.3) is 0 Å². The van der Waals surface area contributed by atoms with Gasteiger partial charge in [-0.05, 0) is 6.42 Å². The lowest BCUT2D eigenvalue weighted by Gasteiger charge is -2.13. The standard InChI is InChI=1S/C4H8O.5CH3.3Al.O/c1-2-3-4-5;;;;;;;;;/h1-4H2;5*1H3;;;;/q-1;;;;;;;;+1;. The van der Waals surface area contributed by atoms with E-state index < -0.39 is 43.4 Å². The molecule has 0 spiro atoms. The Hall–Kier alpha value is 1.52. The smallest absolute Gasteiger partial charge is 0.457 e. The second kappa shape index (κ2) is 9.72. The van der Waals surface area contributed by atoms with Crippen LogP contribution in [0.2, 0.25) is 34.2 Å². The number of hydrogen-bond donors (Lipinski definition) is 0. The second-order valence-electron chi connectivity index (χ2n) is 4.41. The van der Waals surface area contributed by atoms with Gasteiger partial charge in [-0.15, -0.1) is 0 Å². The fraction of sp³-hybridized carbons (Fsp3) is 1.00. The van der Waals surface area contributed by atoms with Gasteiger partial charge in [0.05, 0.1) is 0 Å². The lowest BCUT2D eigenvalue weighted by atomic mass is 10.4. The van der Waals surface area contributed by atoms with Crippen molar-refractivity contribution in [2.45, 2.75) is 47.1 Å². The van der Waals surface area contributed by atoms with Crippen molar-refractivity contribution >= 4 is 43.4 Å². The molecule has 1 saturated heterocycles. The molecule has 0 aliphatic carbocycles. The molecule has 0 aromatic carbocycles. The van der Waals surface area contributed by atoms with Crippen LogP contribution in [0.1, 0.15) is 12.8 Å². The Kier molecular flexibility index (Phi) is 10.8. The summed E-state index contributed by atoms with van der Waals surface area (Å²) >= 11 is -1.93. The van der Waals surface area contributed by atoms with Crippen molar-refractivity contribution in [3.63, 3.8) is 0 Å². The van der Waals surface area contributed by atoms with Gasteiger partial charge in [-0.3, -0.25) is 0 Å². The highest BCUT2D eigenvalue weighted by atomic mass is 27.3. The van der Waals surface area contributed by atoms with Crippen LogP contribution in [0.15, 0.2) is 0 Å². The third-order valence-corrected chi connectivity index (χ3v) is 8.33. The molecular formula is C9H23Al3O2. The van der Waals surface area contributed by atoms with Crippen molar-refractivity contribution in [2.75, 3.05) is 6.61 Å². The molecule has 2 nitrogen and oxygen atoms in total. The molecule has 0 unspecified atom stereocenters. The van der Waals surface area contributed by atoms with Crippen molar-refractivity contribution in [2.24, 2.45) is 0 Å². The zero-order chi connectivity index (χ0) is 11.0. The molecule has 1 rings (SSSR count). The van der Waals surface area contributed by atoms with E-state index in [-0.39, 0.29) is 0 Å². The maximum absolute atomic E-state index is 5.53. The van der Waals surface area contributed by atoms with E-state index in [2.05, 4.69) is 28.9 Å². The van der Waals surface area contributed by atoms with Gasteiger partial charge >= 0.3 is 43.4 Å². The molecule has 0 bridgehead atoms. The van der Waals surface area contributed by atoms with Crippen LogP contribution in [0, 0.1) is 0 Å². The molecule has 0 amide bonds. The van der Waals surface area contributed by atoms with E-state index in [1.165, 1.54) is 18.1 Å². The Bertz CT molecular complexity index is 119. The van der Waals surface area contributed by atoms with E-state index in [4.69, 9.17) is 6.63 Å². The van der Waals surface area contributed by atoms with E-state index in [0.29, 0.717) is 0 Å². The second-order valence-corrected chi connectivity index (χ2v) is 12.2. The first-order valence-corrected chi connectivity index (χ1v) is 13.8. The van der Waals surface area contributed by atoms with E-state index >= 15 is 0 Å². The SMILES string of the molecule is [CH3][Al]([CH3])[O][Al]([CH3])[CH3].[CH3][Al]1[CH2]CCC[O]1. The topological polar surface area (TPSA) is 18.5 Å². The third kappa shape index (κ3) is 11.6. The molecule has 1 heterocycles. The average Bonchev–Trinajstić information content (AvgIpc) is 2.03. The van der Waals surface area contributed by atoms with E-state index in [0.717, 1.165) is 6.61 Å². The molecule has 0 radical (unpaired) electrons. The molecule has 0 atom stereocenters. The molecule has 5 heteroatoms. The normalized spacial score (nSPS) is 15.6. The highest BCUT2D eigenvalue weighted by Gasteiger charge is 2.15. The molecule has 0 aromatic rings. The lowest BCUT2D eigenvalue weighted by molar-refractivity contribution is 0.291. The molecule has 80 valence electrons. The fourth-order valence-corrected chi connectivity index (χ4v) is 7.40. The largest absolute Gasteiger partial charge is 0.637 e. The zero-order valence-corrected chi connectivity index (χ0v) is 13.8. The highest BCUT2D eigenvalue weighted by Crippen LogP contribution is 2.09. The maximum Gasteiger partial charge on any atom is 0.457 e. The predicted octanol–water partition coefficient (Wildman–Crippen LogP) is 2.92. The first-order valence-electron chi connectivity index (χ1n) is 5.79. The summed E-state index contributed by atoms with van der Waals surface area (Å²) in [7, 11) is 0. The van der Waals surface area contributed by atoms with Crippen molar-refractivity contribution in [1.82, 2.24) is 0 Å². The van der Waals surface area contributed by atoms with Gasteiger partial charge in [0.15, 0.2) is 0 Å². The predicted molar refractivity (Wildman–Crippen MR) is 67.7 cm³/mol.